The number of ether oxygens (including phenoxy) is 1. The van der Waals surface area contributed by atoms with Crippen LogP contribution in [0, 0.1) is 6.92 Å². The molecule has 1 aliphatic rings. The number of anilines is 1. The van der Waals surface area contributed by atoms with Crippen LogP contribution in [0.3, 0.4) is 0 Å². The lowest BCUT2D eigenvalue weighted by atomic mass is 10.1. The number of hydrogen-bond acceptors (Lipinski definition) is 4. The van der Waals surface area contributed by atoms with Crippen molar-refractivity contribution < 1.29 is 4.74 Å². The fourth-order valence-electron chi connectivity index (χ4n) is 2.31. The quantitative estimate of drug-likeness (QED) is 0.878. The van der Waals surface area contributed by atoms with Crippen molar-refractivity contribution in [3.63, 3.8) is 0 Å². The van der Waals surface area contributed by atoms with E-state index < -0.39 is 0 Å². The van der Waals surface area contributed by atoms with Crippen LogP contribution in [-0.2, 0) is 6.54 Å². The number of benzene rings is 1. The highest BCUT2D eigenvalue weighted by Crippen LogP contribution is 2.37. The normalized spacial score (nSPS) is 13.7. The predicted molar refractivity (Wildman–Crippen MR) is 69.9 cm³/mol. The summed E-state index contributed by atoms with van der Waals surface area (Å²) < 4.78 is 7.86. The maximum atomic E-state index is 5.77. The molecule has 94 valence electrons. The van der Waals surface area contributed by atoms with Crippen LogP contribution in [0.15, 0.2) is 18.2 Å². The number of hydrogen-bond donors (Lipinski definition) is 1. The lowest BCUT2D eigenvalue weighted by Gasteiger charge is -2.21. The molecule has 2 aromatic rings. The Labute approximate surface area is 106 Å². The van der Waals surface area contributed by atoms with Crippen molar-refractivity contribution >= 4 is 5.69 Å². The lowest BCUT2D eigenvalue weighted by molar-refractivity contribution is 0.324. The number of rotatable bonds is 2. The minimum atomic E-state index is 0.684. The average molecular weight is 244 g/mol. The molecule has 0 radical (unpaired) electrons. The summed E-state index contributed by atoms with van der Waals surface area (Å²) in [6.45, 7) is 6.44. The number of fused-ring (bicyclic) bond motifs is 1. The van der Waals surface area contributed by atoms with Gasteiger partial charge in [-0.25, -0.2) is 0 Å². The Morgan fingerprint density at radius 1 is 1.39 bits per heavy atom. The summed E-state index contributed by atoms with van der Waals surface area (Å²) in [4.78, 5) is 0. The third kappa shape index (κ3) is 1.63. The number of para-hydroxylation sites is 1. The van der Waals surface area contributed by atoms with Gasteiger partial charge >= 0.3 is 0 Å². The molecule has 5 heteroatoms. The highest BCUT2D eigenvalue weighted by molar-refractivity contribution is 5.75. The standard InChI is InChI=1S/C13H16N4O/c1-3-17-9(2)15-16-13(17)10-5-4-6-11-12(10)18-8-7-14-11/h4-6,14H,3,7-8H2,1-2H3. The van der Waals surface area contributed by atoms with Crippen LogP contribution < -0.4 is 10.1 Å². The number of nitrogens with zero attached hydrogens (tertiary/aromatic N) is 3. The monoisotopic (exact) mass is 244 g/mol. The van der Waals surface area contributed by atoms with Crippen LogP contribution in [0.25, 0.3) is 11.4 Å². The van der Waals surface area contributed by atoms with Crippen LogP contribution in [0.2, 0.25) is 0 Å². The third-order valence-corrected chi connectivity index (χ3v) is 3.17. The van der Waals surface area contributed by atoms with Gasteiger partial charge in [-0.15, -0.1) is 10.2 Å². The number of aryl methyl sites for hydroxylation is 1. The van der Waals surface area contributed by atoms with Crippen molar-refractivity contribution in [2.24, 2.45) is 0 Å². The van der Waals surface area contributed by atoms with Crippen molar-refractivity contribution in [3.8, 4) is 17.1 Å². The highest BCUT2D eigenvalue weighted by Gasteiger charge is 2.19. The Balaban J connectivity index is 2.17. The molecule has 0 fully saturated rings. The smallest absolute Gasteiger partial charge is 0.167 e. The minimum absolute atomic E-state index is 0.684. The second-order valence-corrected chi connectivity index (χ2v) is 4.27. The van der Waals surface area contributed by atoms with E-state index in [0.717, 1.165) is 41.7 Å². The molecule has 0 spiro atoms. The van der Waals surface area contributed by atoms with Crippen LogP contribution in [0.4, 0.5) is 5.69 Å². The zero-order chi connectivity index (χ0) is 12.5. The fraction of sp³-hybridized carbons (Fsp3) is 0.385. The van der Waals surface area contributed by atoms with Crippen molar-refractivity contribution in [3.05, 3.63) is 24.0 Å². The molecule has 0 bridgehead atoms. The van der Waals surface area contributed by atoms with E-state index in [4.69, 9.17) is 4.74 Å². The van der Waals surface area contributed by atoms with Crippen molar-refractivity contribution in [1.29, 1.82) is 0 Å². The molecule has 2 heterocycles. The molecular formula is C13H16N4O. The SMILES string of the molecule is CCn1c(C)nnc1-c1cccc2c1OCCN2. The molecule has 0 amide bonds. The first-order chi connectivity index (χ1) is 8.81. The molecule has 0 atom stereocenters. The molecule has 1 N–H and O–H groups in total. The van der Waals surface area contributed by atoms with Crippen molar-refractivity contribution in [1.82, 2.24) is 14.8 Å². The first-order valence-electron chi connectivity index (χ1n) is 6.21. The summed E-state index contributed by atoms with van der Waals surface area (Å²) in [5.74, 6) is 2.68. The van der Waals surface area contributed by atoms with Gasteiger partial charge in [-0.1, -0.05) is 6.07 Å². The van der Waals surface area contributed by atoms with Crippen LogP contribution in [0.1, 0.15) is 12.7 Å². The second kappa shape index (κ2) is 4.33. The molecule has 1 aromatic heterocycles. The first kappa shape index (κ1) is 11.1. The predicted octanol–water partition coefficient (Wildman–Crippen LogP) is 2.08. The van der Waals surface area contributed by atoms with Gasteiger partial charge in [0.1, 0.15) is 12.4 Å². The van der Waals surface area contributed by atoms with E-state index >= 15 is 0 Å². The molecule has 5 nitrogen and oxygen atoms in total. The van der Waals surface area contributed by atoms with E-state index in [1.54, 1.807) is 0 Å². The van der Waals surface area contributed by atoms with Gasteiger partial charge in [-0.2, -0.15) is 0 Å². The van der Waals surface area contributed by atoms with Gasteiger partial charge in [0.15, 0.2) is 11.6 Å². The van der Waals surface area contributed by atoms with E-state index in [1.807, 2.05) is 25.1 Å². The third-order valence-electron chi connectivity index (χ3n) is 3.17. The van der Waals surface area contributed by atoms with Gasteiger partial charge in [0, 0.05) is 13.1 Å². The van der Waals surface area contributed by atoms with E-state index in [-0.39, 0.29) is 0 Å². The number of aromatic nitrogens is 3. The number of nitrogens with one attached hydrogen (secondary N) is 1. The van der Waals surface area contributed by atoms with Gasteiger partial charge in [0.05, 0.1) is 11.3 Å². The summed E-state index contributed by atoms with van der Waals surface area (Å²) >= 11 is 0. The second-order valence-electron chi connectivity index (χ2n) is 4.27. The van der Waals surface area contributed by atoms with E-state index in [9.17, 15) is 0 Å². The van der Waals surface area contributed by atoms with Crippen molar-refractivity contribution in [2.45, 2.75) is 20.4 Å². The molecule has 0 saturated heterocycles. The van der Waals surface area contributed by atoms with Gasteiger partial charge in [-0.05, 0) is 26.0 Å². The lowest BCUT2D eigenvalue weighted by Crippen LogP contribution is -2.18. The summed E-state index contributed by atoms with van der Waals surface area (Å²) in [5.41, 5.74) is 2.03. The molecule has 0 unspecified atom stereocenters. The minimum Gasteiger partial charge on any atom is -0.489 e. The summed E-state index contributed by atoms with van der Waals surface area (Å²) in [6, 6.07) is 6.07. The molecule has 1 aliphatic heterocycles. The Kier molecular flexibility index (Phi) is 2.66. The van der Waals surface area contributed by atoms with Crippen LogP contribution in [-0.4, -0.2) is 27.9 Å². The zero-order valence-electron chi connectivity index (χ0n) is 10.6. The molecule has 18 heavy (non-hydrogen) atoms. The van der Waals surface area contributed by atoms with E-state index in [1.165, 1.54) is 0 Å². The first-order valence-corrected chi connectivity index (χ1v) is 6.21. The van der Waals surface area contributed by atoms with Crippen LogP contribution in [0.5, 0.6) is 5.75 Å². The van der Waals surface area contributed by atoms with Gasteiger partial charge < -0.3 is 14.6 Å². The molecule has 3 rings (SSSR count). The molecular weight excluding hydrogens is 228 g/mol. The van der Waals surface area contributed by atoms with Gasteiger partial charge in [-0.3, -0.25) is 0 Å². The Morgan fingerprint density at radius 2 is 2.28 bits per heavy atom. The Bertz CT molecular complexity index is 576. The molecule has 1 aromatic carbocycles. The maximum absolute atomic E-state index is 5.77. The van der Waals surface area contributed by atoms with E-state index in [0.29, 0.717) is 6.61 Å². The average Bonchev–Trinajstić information content (AvgIpc) is 2.79. The fourth-order valence-corrected chi connectivity index (χ4v) is 2.31. The largest absolute Gasteiger partial charge is 0.489 e. The highest BCUT2D eigenvalue weighted by atomic mass is 16.5. The maximum Gasteiger partial charge on any atom is 0.167 e. The summed E-state index contributed by atoms with van der Waals surface area (Å²) in [7, 11) is 0. The van der Waals surface area contributed by atoms with E-state index in [2.05, 4.69) is 27.0 Å². The molecule has 0 aliphatic carbocycles. The summed E-state index contributed by atoms with van der Waals surface area (Å²) in [5, 5.41) is 11.8. The topological polar surface area (TPSA) is 52.0 Å². The van der Waals surface area contributed by atoms with Gasteiger partial charge in [0.2, 0.25) is 0 Å². The summed E-state index contributed by atoms with van der Waals surface area (Å²) in [6.07, 6.45) is 0. The molecule has 0 saturated carbocycles. The van der Waals surface area contributed by atoms with Crippen LogP contribution >= 0.6 is 0 Å². The van der Waals surface area contributed by atoms with Crippen molar-refractivity contribution in [2.75, 3.05) is 18.5 Å². The Hall–Kier alpha value is -2.04. The zero-order valence-corrected chi connectivity index (χ0v) is 10.6. The Morgan fingerprint density at radius 3 is 3.11 bits per heavy atom. The van der Waals surface area contributed by atoms with Gasteiger partial charge in [0.25, 0.3) is 0 Å².